The summed E-state index contributed by atoms with van der Waals surface area (Å²) in [7, 11) is -4.07. The minimum absolute atomic E-state index is 0.00899. The van der Waals surface area contributed by atoms with Gasteiger partial charge in [-0.1, -0.05) is 45.2 Å². The SMILES string of the molecule is Cc1c(Cl)cccc1N=Cc1cc(Br)cc(Br)c1OS(=O)(=O)c1ccc(Cl)cc1. The fourth-order valence-corrected chi connectivity index (χ4v) is 5.11. The van der Waals surface area contributed by atoms with Crippen LogP contribution in [-0.4, -0.2) is 14.6 Å². The monoisotopic (exact) mass is 575 g/mol. The number of halogens is 4. The molecule has 3 aromatic rings. The predicted molar refractivity (Wildman–Crippen MR) is 125 cm³/mol. The zero-order valence-electron chi connectivity index (χ0n) is 14.9. The highest BCUT2D eigenvalue weighted by Crippen LogP contribution is 2.35. The highest BCUT2D eigenvalue weighted by atomic mass is 79.9. The molecule has 0 aromatic heterocycles. The molecule has 0 spiro atoms. The molecule has 0 fully saturated rings. The molecule has 0 aliphatic heterocycles. The maximum atomic E-state index is 12.7. The number of benzene rings is 3. The van der Waals surface area contributed by atoms with Gasteiger partial charge >= 0.3 is 10.1 Å². The average Bonchev–Trinajstić information content (AvgIpc) is 2.66. The Bertz CT molecular complexity index is 1200. The summed E-state index contributed by atoms with van der Waals surface area (Å²) in [6.07, 6.45) is 1.53. The van der Waals surface area contributed by atoms with Crippen molar-refractivity contribution >= 4 is 77.1 Å². The lowest BCUT2D eigenvalue weighted by Gasteiger charge is -2.12. The van der Waals surface area contributed by atoms with E-state index in [2.05, 4.69) is 36.9 Å². The summed E-state index contributed by atoms with van der Waals surface area (Å²) in [5.41, 5.74) is 1.94. The van der Waals surface area contributed by atoms with Crippen LogP contribution in [0.15, 0.2) is 73.4 Å². The number of hydrogen-bond acceptors (Lipinski definition) is 4. The maximum absolute atomic E-state index is 12.7. The molecular formula is C20H13Br2Cl2NO3S. The van der Waals surface area contributed by atoms with Crippen molar-refractivity contribution in [2.75, 3.05) is 0 Å². The lowest BCUT2D eigenvalue weighted by atomic mass is 10.2. The van der Waals surface area contributed by atoms with Crippen molar-refractivity contribution in [1.29, 1.82) is 0 Å². The van der Waals surface area contributed by atoms with Crippen molar-refractivity contribution in [3.8, 4) is 5.75 Å². The normalized spacial score (nSPS) is 11.8. The van der Waals surface area contributed by atoms with E-state index in [0.29, 0.717) is 25.8 Å². The van der Waals surface area contributed by atoms with Crippen LogP contribution in [0.2, 0.25) is 10.0 Å². The summed E-state index contributed by atoms with van der Waals surface area (Å²) in [6, 6.07) is 14.5. The van der Waals surface area contributed by atoms with Gasteiger partial charge in [0.15, 0.2) is 5.75 Å². The highest BCUT2D eigenvalue weighted by molar-refractivity contribution is 9.11. The molecule has 0 saturated carbocycles. The van der Waals surface area contributed by atoms with Gasteiger partial charge in [0.05, 0.1) is 10.2 Å². The smallest absolute Gasteiger partial charge is 0.339 e. The molecule has 150 valence electrons. The Balaban J connectivity index is 2.02. The third-order valence-corrected chi connectivity index (χ3v) is 6.86. The second kappa shape index (κ2) is 9.18. The molecule has 0 atom stereocenters. The molecule has 0 aliphatic carbocycles. The first-order valence-corrected chi connectivity index (χ1v) is 11.9. The van der Waals surface area contributed by atoms with E-state index in [1.807, 2.05) is 13.0 Å². The van der Waals surface area contributed by atoms with E-state index in [-0.39, 0.29) is 10.6 Å². The van der Waals surface area contributed by atoms with E-state index in [1.54, 1.807) is 24.3 Å². The van der Waals surface area contributed by atoms with Gasteiger partial charge in [0.1, 0.15) is 4.90 Å². The minimum Gasteiger partial charge on any atom is -0.377 e. The summed E-state index contributed by atoms with van der Waals surface area (Å²) in [5, 5.41) is 1.02. The topological polar surface area (TPSA) is 55.7 Å². The second-order valence-corrected chi connectivity index (χ2v) is 10.1. The average molecular weight is 578 g/mol. The Kier molecular flexibility index (Phi) is 7.06. The number of nitrogens with zero attached hydrogens (tertiary/aromatic N) is 1. The molecule has 0 N–H and O–H groups in total. The Morgan fingerprint density at radius 2 is 1.72 bits per heavy atom. The van der Waals surface area contributed by atoms with Crippen molar-refractivity contribution in [3.63, 3.8) is 0 Å². The second-order valence-electron chi connectivity index (χ2n) is 5.94. The zero-order valence-corrected chi connectivity index (χ0v) is 20.4. The van der Waals surface area contributed by atoms with Gasteiger partial charge < -0.3 is 4.18 Å². The van der Waals surface area contributed by atoms with Gasteiger partial charge in [-0.2, -0.15) is 8.42 Å². The van der Waals surface area contributed by atoms with E-state index in [9.17, 15) is 8.42 Å². The fourth-order valence-electron chi connectivity index (χ4n) is 2.40. The van der Waals surface area contributed by atoms with Crippen LogP contribution >= 0.6 is 55.1 Å². The van der Waals surface area contributed by atoms with Crippen molar-refractivity contribution in [3.05, 3.63) is 84.7 Å². The molecule has 0 bridgehead atoms. The standard InChI is InChI=1S/C20H13Br2Cl2NO3S/c1-12-18(24)3-2-4-19(12)25-11-13-9-14(21)10-17(22)20(13)28-29(26,27)16-7-5-15(23)6-8-16/h2-11H,1H3. The van der Waals surface area contributed by atoms with E-state index < -0.39 is 10.1 Å². The van der Waals surface area contributed by atoms with Crippen molar-refractivity contribution in [1.82, 2.24) is 0 Å². The largest absolute Gasteiger partial charge is 0.377 e. The summed E-state index contributed by atoms with van der Waals surface area (Å²) in [4.78, 5) is 4.44. The number of aliphatic imine (C=N–C) groups is 1. The Hall–Kier alpha value is -1.38. The zero-order chi connectivity index (χ0) is 21.2. The van der Waals surface area contributed by atoms with Crippen LogP contribution in [0.1, 0.15) is 11.1 Å². The summed E-state index contributed by atoms with van der Waals surface area (Å²) < 4.78 is 32.0. The van der Waals surface area contributed by atoms with E-state index in [1.165, 1.54) is 30.5 Å². The predicted octanol–water partition coefficient (Wildman–Crippen LogP) is 7.35. The van der Waals surface area contributed by atoms with Gasteiger partial charge in [-0.3, -0.25) is 4.99 Å². The Labute approximate surface area is 195 Å². The number of hydrogen-bond donors (Lipinski definition) is 0. The van der Waals surface area contributed by atoms with Gasteiger partial charge in [-0.25, -0.2) is 0 Å². The molecule has 9 heteroatoms. The molecule has 0 aliphatic rings. The van der Waals surface area contributed by atoms with Gasteiger partial charge in [0, 0.05) is 26.3 Å². The first kappa shape index (κ1) is 22.3. The van der Waals surface area contributed by atoms with Crippen LogP contribution < -0.4 is 4.18 Å². The molecule has 3 rings (SSSR count). The molecule has 4 nitrogen and oxygen atoms in total. The van der Waals surface area contributed by atoms with Gasteiger partial charge in [0.2, 0.25) is 0 Å². The van der Waals surface area contributed by atoms with Gasteiger partial charge in [-0.15, -0.1) is 0 Å². The fraction of sp³-hybridized carbons (Fsp3) is 0.0500. The lowest BCUT2D eigenvalue weighted by molar-refractivity contribution is 0.484. The molecule has 0 heterocycles. The Morgan fingerprint density at radius 3 is 2.41 bits per heavy atom. The van der Waals surface area contributed by atoms with Crippen LogP contribution in [0.3, 0.4) is 0 Å². The first-order valence-electron chi connectivity index (χ1n) is 8.15. The van der Waals surface area contributed by atoms with E-state index in [4.69, 9.17) is 27.4 Å². The lowest BCUT2D eigenvalue weighted by Crippen LogP contribution is -2.11. The quantitative estimate of drug-likeness (QED) is 0.235. The summed E-state index contributed by atoms with van der Waals surface area (Å²) in [5.74, 6) is 0.117. The van der Waals surface area contributed by atoms with Crippen LogP contribution in [-0.2, 0) is 10.1 Å². The van der Waals surface area contributed by atoms with Crippen LogP contribution in [0, 0.1) is 6.92 Å². The van der Waals surface area contributed by atoms with Gasteiger partial charge in [0.25, 0.3) is 0 Å². The van der Waals surface area contributed by atoms with Crippen molar-refractivity contribution in [2.24, 2.45) is 4.99 Å². The van der Waals surface area contributed by atoms with Crippen LogP contribution in [0.5, 0.6) is 5.75 Å². The molecule has 0 saturated heterocycles. The third kappa shape index (κ3) is 5.41. The molecule has 0 unspecified atom stereocenters. The summed E-state index contributed by atoms with van der Waals surface area (Å²) >= 11 is 18.7. The maximum Gasteiger partial charge on any atom is 0.339 e. The van der Waals surface area contributed by atoms with E-state index in [0.717, 1.165) is 10.0 Å². The van der Waals surface area contributed by atoms with Crippen LogP contribution in [0.4, 0.5) is 5.69 Å². The van der Waals surface area contributed by atoms with E-state index >= 15 is 0 Å². The molecule has 0 amide bonds. The van der Waals surface area contributed by atoms with Crippen molar-refractivity contribution < 1.29 is 12.6 Å². The number of rotatable bonds is 5. The molecular weight excluding hydrogens is 565 g/mol. The third-order valence-electron chi connectivity index (χ3n) is 3.91. The minimum atomic E-state index is -4.07. The van der Waals surface area contributed by atoms with Crippen molar-refractivity contribution in [2.45, 2.75) is 11.8 Å². The molecule has 3 aromatic carbocycles. The summed E-state index contributed by atoms with van der Waals surface area (Å²) in [6.45, 7) is 1.86. The van der Waals surface area contributed by atoms with Gasteiger partial charge in [-0.05, 0) is 76.9 Å². The highest BCUT2D eigenvalue weighted by Gasteiger charge is 2.21. The van der Waals surface area contributed by atoms with Crippen LogP contribution in [0.25, 0.3) is 0 Å². The molecule has 29 heavy (non-hydrogen) atoms. The molecule has 0 radical (unpaired) electrons. The first-order chi connectivity index (χ1) is 13.7. The Morgan fingerprint density at radius 1 is 1.03 bits per heavy atom.